The molecule has 7 nitrogen and oxygen atoms in total. The number of aliphatic carboxylic acids is 1. The SMILES string of the molecule is O=C(O)[C@@H]1CN(C(=O)c2cnn3ccccc23)C[C@H]1c1cccnc1. The summed E-state index contributed by atoms with van der Waals surface area (Å²) in [5.41, 5.74) is 2.03. The van der Waals surface area contributed by atoms with Crippen LogP contribution in [-0.4, -0.2) is 49.6 Å². The van der Waals surface area contributed by atoms with Gasteiger partial charge in [0.05, 0.1) is 23.2 Å². The van der Waals surface area contributed by atoms with Crippen molar-refractivity contribution in [3.05, 3.63) is 66.2 Å². The Hall–Kier alpha value is -3.22. The third-order valence-corrected chi connectivity index (χ3v) is 4.69. The monoisotopic (exact) mass is 336 g/mol. The predicted octanol–water partition coefficient (Wildman–Crippen LogP) is 1.67. The predicted molar refractivity (Wildman–Crippen MR) is 89.2 cm³/mol. The van der Waals surface area contributed by atoms with E-state index in [1.165, 1.54) is 6.20 Å². The first-order chi connectivity index (χ1) is 12.1. The van der Waals surface area contributed by atoms with Gasteiger partial charge in [-0.2, -0.15) is 5.10 Å². The van der Waals surface area contributed by atoms with Crippen molar-refractivity contribution < 1.29 is 14.7 Å². The van der Waals surface area contributed by atoms with Crippen LogP contribution < -0.4 is 0 Å². The summed E-state index contributed by atoms with van der Waals surface area (Å²) in [7, 11) is 0. The van der Waals surface area contributed by atoms with Gasteiger partial charge in [0.25, 0.3) is 5.91 Å². The maximum atomic E-state index is 12.9. The lowest BCUT2D eigenvalue weighted by Crippen LogP contribution is -2.29. The Bertz CT molecular complexity index is 938. The second-order valence-corrected chi connectivity index (χ2v) is 6.14. The standard InChI is InChI=1S/C18H16N4O3/c23-17(13-9-20-22-7-2-1-5-16(13)22)21-10-14(15(11-21)18(24)25)12-4-3-6-19-8-12/h1-9,14-15H,10-11H2,(H,24,25)/t14-,15+/m0/s1. The molecule has 0 aliphatic carbocycles. The molecule has 1 fully saturated rings. The van der Waals surface area contributed by atoms with Gasteiger partial charge < -0.3 is 10.0 Å². The van der Waals surface area contributed by atoms with Crippen LogP contribution in [0.15, 0.2) is 55.1 Å². The molecule has 1 aliphatic rings. The molecule has 1 N–H and O–H groups in total. The summed E-state index contributed by atoms with van der Waals surface area (Å²) < 4.78 is 1.64. The van der Waals surface area contributed by atoms with Crippen LogP contribution >= 0.6 is 0 Å². The number of hydrogen-bond acceptors (Lipinski definition) is 4. The molecule has 4 heterocycles. The number of carbonyl (C=O) groups excluding carboxylic acids is 1. The van der Waals surface area contributed by atoms with Crippen LogP contribution in [0.25, 0.3) is 5.52 Å². The summed E-state index contributed by atoms with van der Waals surface area (Å²) in [5, 5.41) is 13.8. The lowest BCUT2D eigenvalue weighted by Gasteiger charge is -2.15. The molecule has 2 atom stereocenters. The highest BCUT2D eigenvalue weighted by Crippen LogP contribution is 2.33. The molecule has 0 aromatic carbocycles. The van der Waals surface area contributed by atoms with Gasteiger partial charge in [-0.15, -0.1) is 0 Å². The van der Waals surface area contributed by atoms with Crippen LogP contribution in [0.2, 0.25) is 0 Å². The Morgan fingerprint density at radius 3 is 2.76 bits per heavy atom. The van der Waals surface area contributed by atoms with Gasteiger partial charge in [0.1, 0.15) is 0 Å². The lowest BCUT2D eigenvalue weighted by atomic mass is 9.90. The van der Waals surface area contributed by atoms with Crippen molar-refractivity contribution >= 4 is 17.4 Å². The summed E-state index contributed by atoms with van der Waals surface area (Å²) in [6.07, 6.45) is 6.62. The third-order valence-electron chi connectivity index (χ3n) is 4.69. The quantitative estimate of drug-likeness (QED) is 0.786. The van der Waals surface area contributed by atoms with E-state index >= 15 is 0 Å². The largest absolute Gasteiger partial charge is 0.481 e. The normalized spacial score (nSPS) is 20.1. The van der Waals surface area contributed by atoms with E-state index in [2.05, 4.69) is 10.1 Å². The molecule has 0 unspecified atom stereocenters. The molecule has 0 bridgehead atoms. The van der Waals surface area contributed by atoms with E-state index in [4.69, 9.17) is 0 Å². The zero-order chi connectivity index (χ0) is 17.4. The second-order valence-electron chi connectivity index (χ2n) is 6.14. The Labute approximate surface area is 143 Å². The Kier molecular flexibility index (Phi) is 3.68. The van der Waals surface area contributed by atoms with E-state index in [1.54, 1.807) is 34.1 Å². The Morgan fingerprint density at radius 2 is 2.00 bits per heavy atom. The average Bonchev–Trinajstić information content (AvgIpc) is 3.27. The number of amides is 1. The van der Waals surface area contributed by atoms with E-state index < -0.39 is 11.9 Å². The number of pyridine rings is 2. The highest BCUT2D eigenvalue weighted by molar-refractivity contribution is 6.01. The topological polar surface area (TPSA) is 87.8 Å². The summed E-state index contributed by atoms with van der Waals surface area (Å²) in [4.78, 5) is 30.3. The van der Waals surface area contributed by atoms with Crippen LogP contribution in [0.4, 0.5) is 0 Å². The minimum Gasteiger partial charge on any atom is -0.481 e. The summed E-state index contributed by atoms with van der Waals surface area (Å²) >= 11 is 0. The maximum absolute atomic E-state index is 12.9. The van der Waals surface area contributed by atoms with E-state index in [-0.39, 0.29) is 18.4 Å². The number of nitrogens with zero attached hydrogens (tertiary/aromatic N) is 4. The van der Waals surface area contributed by atoms with Gasteiger partial charge in [-0.25, -0.2) is 4.52 Å². The lowest BCUT2D eigenvalue weighted by molar-refractivity contribution is -0.141. The number of likely N-dealkylation sites (tertiary alicyclic amines) is 1. The minimum atomic E-state index is -0.899. The van der Waals surface area contributed by atoms with Gasteiger partial charge in [0.15, 0.2) is 0 Å². The molecular weight excluding hydrogens is 320 g/mol. The van der Waals surface area contributed by atoms with Crippen LogP contribution in [-0.2, 0) is 4.79 Å². The number of hydrogen-bond donors (Lipinski definition) is 1. The summed E-state index contributed by atoms with van der Waals surface area (Å²) in [6.45, 7) is 0.531. The van der Waals surface area contributed by atoms with Crippen molar-refractivity contribution in [3.8, 4) is 0 Å². The van der Waals surface area contributed by atoms with Gasteiger partial charge in [-0.1, -0.05) is 12.1 Å². The molecule has 25 heavy (non-hydrogen) atoms. The van der Waals surface area contributed by atoms with Gasteiger partial charge in [0.2, 0.25) is 0 Å². The fourth-order valence-corrected chi connectivity index (χ4v) is 3.42. The minimum absolute atomic E-state index is 0.178. The molecule has 3 aromatic rings. The number of carboxylic acid groups (broad SMARTS) is 1. The van der Waals surface area contributed by atoms with E-state index in [1.807, 2.05) is 24.3 Å². The summed E-state index contributed by atoms with van der Waals surface area (Å²) in [6, 6.07) is 9.14. The number of carbonyl (C=O) groups is 2. The number of aromatic nitrogens is 3. The van der Waals surface area contributed by atoms with Crippen LogP contribution in [0.3, 0.4) is 0 Å². The van der Waals surface area contributed by atoms with Crippen molar-refractivity contribution in [2.45, 2.75) is 5.92 Å². The zero-order valence-corrected chi connectivity index (χ0v) is 13.3. The molecule has 0 saturated carbocycles. The van der Waals surface area contributed by atoms with Gasteiger partial charge in [-0.05, 0) is 23.8 Å². The van der Waals surface area contributed by atoms with E-state index in [0.29, 0.717) is 17.6 Å². The highest BCUT2D eigenvalue weighted by atomic mass is 16.4. The third kappa shape index (κ3) is 2.63. The van der Waals surface area contributed by atoms with Gasteiger partial charge >= 0.3 is 5.97 Å². The Balaban J connectivity index is 1.65. The average molecular weight is 336 g/mol. The van der Waals surface area contributed by atoms with Crippen LogP contribution in [0.1, 0.15) is 21.8 Å². The number of rotatable bonds is 3. The fourth-order valence-electron chi connectivity index (χ4n) is 3.42. The zero-order valence-electron chi connectivity index (χ0n) is 13.3. The van der Waals surface area contributed by atoms with Gasteiger partial charge in [-0.3, -0.25) is 14.6 Å². The Morgan fingerprint density at radius 1 is 1.12 bits per heavy atom. The first-order valence-electron chi connectivity index (χ1n) is 7.99. The molecular formula is C18H16N4O3. The maximum Gasteiger partial charge on any atom is 0.308 e. The van der Waals surface area contributed by atoms with Crippen molar-refractivity contribution in [3.63, 3.8) is 0 Å². The van der Waals surface area contributed by atoms with Crippen molar-refractivity contribution in [1.82, 2.24) is 19.5 Å². The molecule has 3 aromatic heterocycles. The summed E-state index contributed by atoms with van der Waals surface area (Å²) in [5.74, 6) is -2.00. The molecule has 1 amide bonds. The first kappa shape index (κ1) is 15.3. The van der Waals surface area contributed by atoms with Crippen molar-refractivity contribution in [1.29, 1.82) is 0 Å². The fraction of sp³-hybridized carbons (Fsp3) is 0.222. The van der Waals surface area contributed by atoms with E-state index in [9.17, 15) is 14.7 Å². The van der Waals surface area contributed by atoms with E-state index in [0.717, 1.165) is 5.56 Å². The molecule has 1 saturated heterocycles. The molecule has 4 rings (SSSR count). The molecule has 7 heteroatoms. The highest BCUT2D eigenvalue weighted by Gasteiger charge is 2.41. The number of carboxylic acids is 1. The van der Waals surface area contributed by atoms with Crippen molar-refractivity contribution in [2.75, 3.05) is 13.1 Å². The molecule has 126 valence electrons. The van der Waals surface area contributed by atoms with Gasteiger partial charge in [0, 0.05) is 37.6 Å². The molecule has 0 radical (unpaired) electrons. The second kappa shape index (κ2) is 6.01. The molecule has 0 spiro atoms. The molecule has 1 aliphatic heterocycles. The first-order valence-corrected chi connectivity index (χ1v) is 7.99. The van der Waals surface area contributed by atoms with Crippen LogP contribution in [0, 0.1) is 5.92 Å². The van der Waals surface area contributed by atoms with Crippen LogP contribution in [0.5, 0.6) is 0 Å². The van der Waals surface area contributed by atoms with Crippen molar-refractivity contribution in [2.24, 2.45) is 5.92 Å². The number of fused-ring (bicyclic) bond motifs is 1. The smallest absolute Gasteiger partial charge is 0.308 e.